The van der Waals surface area contributed by atoms with Crippen molar-refractivity contribution in [3.8, 4) is 0 Å². The predicted octanol–water partition coefficient (Wildman–Crippen LogP) is 1.94. The molecular formula is C13H16N4OS. The molecule has 2 aromatic rings. The van der Waals surface area contributed by atoms with E-state index in [-0.39, 0.29) is 11.9 Å². The van der Waals surface area contributed by atoms with E-state index in [2.05, 4.69) is 32.0 Å². The fraction of sp³-hybridized carbons (Fsp3) is 0.308. The Bertz CT molecular complexity index is 541. The molecule has 6 heteroatoms. The quantitative estimate of drug-likeness (QED) is 0.876. The molecule has 1 atom stereocenters. The highest BCUT2D eigenvalue weighted by Gasteiger charge is 2.12. The molecule has 5 nitrogen and oxygen atoms in total. The van der Waals surface area contributed by atoms with Gasteiger partial charge in [0.2, 0.25) is 0 Å². The first kappa shape index (κ1) is 13.5. The minimum atomic E-state index is -0.202. The maximum Gasteiger partial charge on any atom is 0.271 e. The average molecular weight is 276 g/mol. The minimum absolute atomic E-state index is 0.0575. The van der Waals surface area contributed by atoms with Crippen LogP contribution in [0.4, 0.5) is 5.82 Å². The number of nitrogens with zero attached hydrogens (tertiary/aromatic N) is 2. The molecule has 0 saturated heterocycles. The van der Waals surface area contributed by atoms with Crippen molar-refractivity contribution in [1.82, 2.24) is 15.3 Å². The highest BCUT2D eigenvalue weighted by Crippen LogP contribution is 2.09. The third kappa shape index (κ3) is 3.75. The third-order valence-corrected chi connectivity index (χ3v) is 3.35. The van der Waals surface area contributed by atoms with Crippen LogP contribution < -0.4 is 10.6 Å². The summed E-state index contributed by atoms with van der Waals surface area (Å²) in [5.74, 6) is 0.380. The average Bonchev–Trinajstić information content (AvgIpc) is 2.91. The van der Waals surface area contributed by atoms with Crippen molar-refractivity contribution in [1.29, 1.82) is 0 Å². The Labute approximate surface area is 116 Å². The van der Waals surface area contributed by atoms with E-state index in [1.807, 2.05) is 12.3 Å². The zero-order valence-electron chi connectivity index (χ0n) is 10.9. The van der Waals surface area contributed by atoms with Crippen molar-refractivity contribution >= 4 is 23.1 Å². The zero-order valence-corrected chi connectivity index (χ0v) is 11.7. The van der Waals surface area contributed by atoms with Crippen molar-refractivity contribution < 1.29 is 4.79 Å². The van der Waals surface area contributed by atoms with Gasteiger partial charge in [-0.05, 0) is 35.7 Å². The van der Waals surface area contributed by atoms with Crippen molar-refractivity contribution in [2.24, 2.45) is 0 Å². The summed E-state index contributed by atoms with van der Waals surface area (Å²) in [5.41, 5.74) is 1.55. The van der Waals surface area contributed by atoms with E-state index in [0.717, 1.165) is 6.42 Å². The van der Waals surface area contributed by atoms with E-state index < -0.39 is 0 Å². The third-order valence-electron chi connectivity index (χ3n) is 2.62. The Morgan fingerprint density at radius 1 is 1.47 bits per heavy atom. The molecule has 0 spiro atoms. The molecule has 2 heterocycles. The summed E-state index contributed by atoms with van der Waals surface area (Å²) in [6.07, 6.45) is 3.85. The monoisotopic (exact) mass is 276 g/mol. The molecule has 0 radical (unpaired) electrons. The fourth-order valence-electron chi connectivity index (χ4n) is 1.71. The van der Waals surface area contributed by atoms with E-state index in [1.54, 1.807) is 24.6 Å². The highest BCUT2D eigenvalue weighted by atomic mass is 32.1. The van der Waals surface area contributed by atoms with Gasteiger partial charge in [-0.3, -0.25) is 9.78 Å². The van der Waals surface area contributed by atoms with Gasteiger partial charge in [0.25, 0.3) is 5.91 Å². The molecule has 1 amide bonds. The molecule has 0 bridgehead atoms. The van der Waals surface area contributed by atoms with Crippen LogP contribution in [0, 0.1) is 0 Å². The molecule has 2 aromatic heterocycles. The van der Waals surface area contributed by atoms with Crippen LogP contribution in [-0.2, 0) is 6.42 Å². The summed E-state index contributed by atoms with van der Waals surface area (Å²) in [6.45, 7) is 1.98. The van der Waals surface area contributed by atoms with Crippen LogP contribution >= 0.6 is 11.3 Å². The number of aromatic nitrogens is 2. The Balaban J connectivity index is 1.96. The van der Waals surface area contributed by atoms with Gasteiger partial charge >= 0.3 is 0 Å². The lowest BCUT2D eigenvalue weighted by Crippen LogP contribution is -2.34. The van der Waals surface area contributed by atoms with Crippen molar-refractivity contribution in [3.63, 3.8) is 0 Å². The summed E-state index contributed by atoms with van der Waals surface area (Å²) in [7, 11) is 1.74. The van der Waals surface area contributed by atoms with Crippen molar-refractivity contribution in [2.45, 2.75) is 19.4 Å². The Morgan fingerprint density at radius 2 is 2.32 bits per heavy atom. The molecule has 0 aliphatic rings. The first-order chi connectivity index (χ1) is 9.19. The van der Waals surface area contributed by atoms with Crippen molar-refractivity contribution in [3.05, 3.63) is 40.5 Å². The van der Waals surface area contributed by atoms with Gasteiger partial charge < -0.3 is 10.6 Å². The largest absolute Gasteiger partial charge is 0.372 e. The van der Waals surface area contributed by atoms with Gasteiger partial charge in [0.05, 0.1) is 12.4 Å². The number of rotatable bonds is 5. The van der Waals surface area contributed by atoms with E-state index >= 15 is 0 Å². The smallest absolute Gasteiger partial charge is 0.271 e. The molecule has 0 aromatic carbocycles. The van der Waals surface area contributed by atoms with Crippen LogP contribution in [0.5, 0.6) is 0 Å². The van der Waals surface area contributed by atoms with Gasteiger partial charge in [-0.25, -0.2) is 4.98 Å². The molecule has 2 rings (SSSR count). The van der Waals surface area contributed by atoms with Gasteiger partial charge in [0.1, 0.15) is 11.5 Å². The molecule has 2 N–H and O–H groups in total. The summed E-state index contributed by atoms with van der Waals surface area (Å²) < 4.78 is 0. The number of thiophene rings is 1. The molecule has 0 aliphatic heterocycles. The van der Waals surface area contributed by atoms with Gasteiger partial charge in [-0.2, -0.15) is 11.3 Å². The van der Waals surface area contributed by atoms with Crippen LogP contribution in [0.1, 0.15) is 23.0 Å². The first-order valence-corrected chi connectivity index (χ1v) is 6.95. The normalized spacial score (nSPS) is 11.9. The number of carbonyl (C=O) groups is 1. The second-order valence-corrected chi connectivity index (χ2v) is 5.03. The molecule has 0 aliphatic carbocycles. The maximum absolute atomic E-state index is 12.0. The second kappa shape index (κ2) is 6.29. The predicted molar refractivity (Wildman–Crippen MR) is 76.5 cm³/mol. The number of anilines is 1. The lowest BCUT2D eigenvalue weighted by molar-refractivity contribution is 0.0935. The summed E-state index contributed by atoms with van der Waals surface area (Å²) in [4.78, 5) is 20.1. The Hall–Kier alpha value is -1.95. The van der Waals surface area contributed by atoms with Crippen LogP contribution in [0.2, 0.25) is 0 Å². The molecule has 19 heavy (non-hydrogen) atoms. The first-order valence-electron chi connectivity index (χ1n) is 6.01. The SMILES string of the molecule is CNc1cncc(C(=O)NC(C)Cc2ccsc2)n1. The molecule has 100 valence electrons. The number of carbonyl (C=O) groups excluding carboxylic acids is 1. The van der Waals surface area contributed by atoms with Gasteiger partial charge in [0.15, 0.2) is 0 Å². The van der Waals surface area contributed by atoms with Crippen LogP contribution in [0.3, 0.4) is 0 Å². The van der Waals surface area contributed by atoms with Gasteiger partial charge in [0, 0.05) is 13.1 Å². The zero-order chi connectivity index (χ0) is 13.7. The molecule has 1 unspecified atom stereocenters. The number of amides is 1. The number of hydrogen-bond donors (Lipinski definition) is 2. The van der Waals surface area contributed by atoms with E-state index in [9.17, 15) is 4.79 Å². The Morgan fingerprint density at radius 3 is 3.00 bits per heavy atom. The number of nitrogens with one attached hydrogen (secondary N) is 2. The van der Waals surface area contributed by atoms with Gasteiger partial charge in [-0.15, -0.1) is 0 Å². The summed E-state index contributed by atoms with van der Waals surface area (Å²) >= 11 is 1.66. The van der Waals surface area contributed by atoms with E-state index in [4.69, 9.17) is 0 Å². The molecule has 0 fully saturated rings. The summed E-state index contributed by atoms with van der Waals surface area (Å²) in [6, 6.07) is 2.12. The van der Waals surface area contributed by atoms with Crippen LogP contribution in [0.15, 0.2) is 29.2 Å². The van der Waals surface area contributed by atoms with Crippen LogP contribution in [0.25, 0.3) is 0 Å². The lowest BCUT2D eigenvalue weighted by atomic mass is 10.1. The van der Waals surface area contributed by atoms with Crippen molar-refractivity contribution in [2.75, 3.05) is 12.4 Å². The standard InChI is InChI=1S/C13H16N4OS/c1-9(5-10-3-4-19-8-10)16-13(18)11-6-15-7-12(14-2)17-11/h3-4,6-9H,5H2,1-2H3,(H,14,17)(H,16,18). The van der Waals surface area contributed by atoms with E-state index in [1.165, 1.54) is 11.8 Å². The highest BCUT2D eigenvalue weighted by molar-refractivity contribution is 7.07. The Kier molecular flexibility index (Phi) is 4.46. The maximum atomic E-state index is 12.0. The molecule has 0 saturated carbocycles. The van der Waals surface area contributed by atoms with E-state index in [0.29, 0.717) is 11.5 Å². The van der Waals surface area contributed by atoms with Gasteiger partial charge in [-0.1, -0.05) is 0 Å². The second-order valence-electron chi connectivity index (χ2n) is 4.25. The minimum Gasteiger partial charge on any atom is -0.372 e. The summed E-state index contributed by atoms with van der Waals surface area (Å²) in [5, 5.41) is 9.90. The molecular weight excluding hydrogens is 260 g/mol. The topological polar surface area (TPSA) is 66.9 Å². The number of hydrogen-bond acceptors (Lipinski definition) is 5. The fourth-order valence-corrected chi connectivity index (χ4v) is 2.39. The lowest BCUT2D eigenvalue weighted by Gasteiger charge is -2.12. The van der Waals surface area contributed by atoms with Crippen LogP contribution in [-0.4, -0.2) is 29.0 Å².